The van der Waals surface area contributed by atoms with Crippen LogP contribution in [0, 0.1) is 6.92 Å². The fraction of sp³-hybridized carbons (Fsp3) is 0.562. The van der Waals surface area contributed by atoms with Gasteiger partial charge in [-0.05, 0) is 25.3 Å². The molecule has 2 amide bonds. The predicted octanol–water partition coefficient (Wildman–Crippen LogP) is 2.36. The molecule has 1 saturated heterocycles. The minimum atomic E-state index is 0.0345. The third kappa shape index (κ3) is 4.23. The van der Waals surface area contributed by atoms with Gasteiger partial charge in [0.05, 0.1) is 13.2 Å². The van der Waals surface area contributed by atoms with Gasteiger partial charge in [0.1, 0.15) is 0 Å². The lowest BCUT2D eigenvalue weighted by Crippen LogP contribution is -2.49. The molecule has 1 unspecified atom stereocenters. The Morgan fingerprint density at radius 3 is 2.55 bits per heavy atom. The quantitative estimate of drug-likeness (QED) is 0.917. The van der Waals surface area contributed by atoms with E-state index in [0.29, 0.717) is 26.3 Å². The highest BCUT2D eigenvalue weighted by atomic mass is 16.5. The highest BCUT2D eigenvalue weighted by Gasteiger charge is 2.19. The topological polar surface area (TPSA) is 41.6 Å². The monoisotopic (exact) mass is 276 g/mol. The molecule has 0 spiro atoms. The largest absolute Gasteiger partial charge is 0.378 e. The number of hydrogen-bond acceptors (Lipinski definition) is 2. The molecule has 4 heteroatoms. The number of benzene rings is 1. The standard InChI is InChI=1S/C16H24N2O2/c1-3-15(12-14-6-4-13(2)5-7-14)17-16(19)18-8-10-20-11-9-18/h4-7,15H,3,8-12H2,1-2H3,(H,17,19). The Balaban J connectivity index is 1.87. The van der Waals surface area contributed by atoms with Gasteiger partial charge in [-0.3, -0.25) is 0 Å². The van der Waals surface area contributed by atoms with E-state index in [2.05, 4.69) is 43.4 Å². The van der Waals surface area contributed by atoms with Crippen molar-refractivity contribution in [2.45, 2.75) is 32.7 Å². The zero-order valence-corrected chi connectivity index (χ0v) is 12.4. The van der Waals surface area contributed by atoms with Gasteiger partial charge in [0.25, 0.3) is 0 Å². The van der Waals surface area contributed by atoms with E-state index in [9.17, 15) is 4.79 Å². The highest BCUT2D eigenvalue weighted by Crippen LogP contribution is 2.09. The fourth-order valence-electron chi connectivity index (χ4n) is 2.34. The van der Waals surface area contributed by atoms with Gasteiger partial charge in [-0.25, -0.2) is 4.79 Å². The Morgan fingerprint density at radius 1 is 1.30 bits per heavy atom. The van der Waals surface area contributed by atoms with Crippen LogP contribution >= 0.6 is 0 Å². The van der Waals surface area contributed by atoms with Gasteiger partial charge in [0.15, 0.2) is 0 Å². The van der Waals surface area contributed by atoms with Gasteiger partial charge in [-0.2, -0.15) is 0 Å². The van der Waals surface area contributed by atoms with Crippen molar-refractivity contribution < 1.29 is 9.53 Å². The number of ether oxygens (including phenoxy) is 1. The number of nitrogens with zero attached hydrogens (tertiary/aromatic N) is 1. The number of hydrogen-bond donors (Lipinski definition) is 1. The minimum absolute atomic E-state index is 0.0345. The molecule has 1 fully saturated rings. The second-order valence-corrected chi connectivity index (χ2v) is 5.34. The lowest BCUT2D eigenvalue weighted by atomic mass is 10.0. The number of urea groups is 1. The molecular formula is C16H24N2O2. The fourth-order valence-corrected chi connectivity index (χ4v) is 2.34. The lowest BCUT2D eigenvalue weighted by molar-refractivity contribution is 0.0524. The van der Waals surface area contributed by atoms with Crippen LogP contribution in [-0.2, 0) is 11.2 Å². The van der Waals surface area contributed by atoms with E-state index in [1.54, 1.807) is 0 Å². The first-order chi connectivity index (χ1) is 9.69. The Hall–Kier alpha value is -1.55. The van der Waals surface area contributed by atoms with Crippen molar-refractivity contribution in [3.63, 3.8) is 0 Å². The summed E-state index contributed by atoms with van der Waals surface area (Å²) in [5.74, 6) is 0. The van der Waals surface area contributed by atoms with Crippen LogP contribution in [0.5, 0.6) is 0 Å². The molecule has 1 aromatic rings. The number of nitrogens with one attached hydrogen (secondary N) is 1. The van der Waals surface area contributed by atoms with Gasteiger partial charge in [-0.15, -0.1) is 0 Å². The molecule has 0 bridgehead atoms. The predicted molar refractivity (Wildman–Crippen MR) is 79.9 cm³/mol. The maximum Gasteiger partial charge on any atom is 0.317 e. The zero-order valence-electron chi connectivity index (χ0n) is 12.4. The maximum atomic E-state index is 12.2. The van der Waals surface area contributed by atoms with Crippen molar-refractivity contribution in [2.75, 3.05) is 26.3 Å². The molecule has 110 valence electrons. The van der Waals surface area contributed by atoms with E-state index >= 15 is 0 Å². The minimum Gasteiger partial charge on any atom is -0.378 e. The summed E-state index contributed by atoms with van der Waals surface area (Å²) in [7, 11) is 0. The number of carbonyl (C=O) groups is 1. The molecule has 0 aromatic heterocycles. The van der Waals surface area contributed by atoms with Crippen LogP contribution in [0.25, 0.3) is 0 Å². The van der Waals surface area contributed by atoms with Crippen LogP contribution in [0.4, 0.5) is 4.79 Å². The molecule has 20 heavy (non-hydrogen) atoms. The summed E-state index contributed by atoms with van der Waals surface area (Å²) >= 11 is 0. The van der Waals surface area contributed by atoms with Gasteiger partial charge in [-0.1, -0.05) is 36.8 Å². The zero-order chi connectivity index (χ0) is 14.4. The Kier molecular flexibility index (Phi) is 5.41. The summed E-state index contributed by atoms with van der Waals surface area (Å²) in [6, 6.07) is 8.73. The molecule has 0 aliphatic carbocycles. The van der Waals surface area contributed by atoms with Crippen LogP contribution in [0.1, 0.15) is 24.5 Å². The van der Waals surface area contributed by atoms with E-state index in [4.69, 9.17) is 4.74 Å². The normalized spacial score (nSPS) is 16.8. The summed E-state index contributed by atoms with van der Waals surface area (Å²) in [4.78, 5) is 14.0. The Morgan fingerprint density at radius 2 is 1.95 bits per heavy atom. The smallest absolute Gasteiger partial charge is 0.317 e. The highest BCUT2D eigenvalue weighted by molar-refractivity contribution is 5.74. The number of morpholine rings is 1. The number of rotatable bonds is 4. The molecule has 0 radical (unpaired) electrons. The first-order valence-electron chi connectivity index (χ1n) is 7.37. The third-order valence-electron chi connectivity index (χ3n) is 3.72. The molecule has 1 atom stereocenters. The molecule has 0 saturated carbocycles. The van der Waals surface area contributed by atoms with Crippen molar-refractivity contribution in [3.05, 3.63) is 35.4 Å². The second kappa shape index (κ2) is 7.29. The average molecular weight is 276 g/mol. The summed E-state index contributed by atoms with van der Waals surface area (Å²) in [6.45, 7) is 6.85. The van der Waals surface area contributed by atoms with Crippen LogP contribution in [0.3, 0.4) is 0 Å². The maximum absolute atomic E-state index is 12.2. The molecule has 1 N–H and O–H groups in total. The summed E-state index contributed by atoms with van der Waals surface area (Å²) < 4.78 is 5.27. The Bertz CT molecular complexity index is 425. The van der Waals surface area contributed by atoms with E-state index in [-0.39, 0.29) is 12.1 Å². The molecule has 1 aromatic carbocycles. The number of amides is 2. The van der Waals surface area contributed by atoms with Crippen LogP contribution in [-0.4, -0.2) is 43.3 Å². The van der Waals surface area contributed by atoms with Gasteiger partial charge < -0.3 is 15.0 Å². The molecule has 2 rings (SSSR count). The first kappa shape index (κ1) is 14.9. The summed E-state index contributed by atoms with van der Waals surface area (Å²) in [5.41, 5.74) is 2.53. The van der Waals surface area contributed by atoms with Crippen LogP contribution in [0.15, 0.2) is 24.3 Å². The van der Waals surface area contributed by atoms with Crippen molar-refractivity contribution in [1.29, 1.82) is 0 Å². The molecule has 1 heterocycles. The SMILES string of the molecule is CCC(Cc1ccc(C)cc1)NC(=O)N1CCOCC1. The molecule has 1 aliphatic heterocycles. The van der Waals surface area contributed by atoms with E-state index < -0.39 is 0 Å². The van der Waals surface area contributed by atoms with Crippen molar-refractivity contribution >= 4 is 6.03 Å². The Labute approximate surface area is 121 Å². The molecular weight excluding hydrogens is 252 g/mol. The lowest BCUT2D eigenvalue weighted by Gasteiger charge is -2.29. The van der Waals surface area contributed by atoms with Crippen LogP contribution < -0.4 is 5.32 Å². The average Bonchev–Trinajstić information content (AvgIpc) is 2.49. The van der Waals surface area contributed by atoms with Gasteiger partial charge in [0, 0.05) is 19.1 Å². The van der Waals surface area contributed by atoms with E-state index in [1.165, 1.54) is 11.1 Å². The van der Waals surface area contributed by atoms with Gasteiger partial charge in [0.2, 0.25) is 0 Å². The molecule has 1 aliphatic rings. The van der Waals surface area contributed by atoms with Crippen LogP contribution in [0.2, 0.25) is 0 Å². The van der Waals surface area contributed by atoms with E-state index in [1.807, 2.05) is 4.90 Å². The molecule has 4 nitrogen and oxygen atoms in total. The van der Waals surface area contributed by atoms with Crippen molar-refractivity contribution in [3.8, 4) is 0 Å². The second-order valence-electron chi connectivity index (χ2n) is 5.34. The van der Waals surface area contributed by atoms with Crippen molar-refractivity contribution in [1.82, 2.24) is 10.2 Å². The summed E-state index contributed by atoms with van der Waals surface area (Å²) in [6.07, 6.45) is 1.82. The third-order valence-corrected chi connectivity index (χ3v) is 3.72. The van der Waals surface area contributed by atoms with Gasteiger partial charge >= 0.3 is 6.03 Å². The first-order valence-corrected chi connectivity index (χ1v) is 7.37. The van der Waals surface area contributed by atoms with Crippen molar-refractivity contribution in [2.24, 2.45) is 0 Å². The number of aryl methyl sites for hydroxylation is 1. The summed E-state index contributed by atoms with van der Waals surface area (Å²) in [5, 5.41) is 3.13. The van der Waals surface area contributed by atoms with E-state index in [0.717, 1.165) is 12.8 Å². The number of carbonyl (C=O) groups excluding carboxylic acids is 1.